The predicted octanol–water partition coefficient (Wildman–Crippen LogP) is 0.736. The average molecular weight is 266 g/mol. The molecule has 4 atom stereocenters. The molecule has 18 heavy (non-hydrogen) atoms. The number of carbonyl (C=O) groups excluding carboxylic acids is 1. The van der Waals surface area contributed by atoms with E-state index in [4.69, 9.17) is 4.74 Å². The maximum atomic E-state index is 12.1. The van der Waals surface area contributed by atoms with Crippen LogP contribution in [0, 0.1) is 11.8 Å². The normalized spacial score (nSPS) is 32.7. The minimum Gasteiger partial charge on any atom is -0.481 e. The lowest BCUT2D eigenvalue weighted by atomic mass is 9.82. The highest BCUT2D eigenvalue weighted by Gasteiger charge is 2.53. The molecule has 3 heterocycles. The minimum absolute atomic E-state index is 0.353. The van der Waals surface area contributed by atoms with E-state index < -0.39 is 30.0 Å². The third kappa shape index (κ3) is 1.72. The lowest BCUT2D eigenvalue weighted by Crippen LogP contribution is -2.39. The van der Waals surface area contributed by atoms with Crippen LogP contribution < -0.4 is 5.32 Å². The second-order valence-electron chi connectivity index (χ2n) is 4.17. The molecule has 2 aliphatic rings. The number of anilines is 1. The molecule has 0 aromatic carbocycles. The van der Waals surface area contributed by atoms with E-state index in [-0.39, 0.29) is 5.91 Å². The van der Waals surface area contributed by atoms with Crippen LogP contribution in [0.4, 0.5) is 5.13 Å². The van der Waals surface area contributed by atoms with Gasteiger partial charge in [-0.3, -0.25) is 9.59 Å². The third-order valence-corrected chi connectivity index (χ3v) is 3.84. The molecule has 7 heteroatoms. The highest BCUT2D eigenvalue weighted by Crippen LogP contribution is 2.39. The SMILES string of the molecule is O=C(Nc1nccs1)C1[C@@H](C(=O)O)[C@@H]2C=C[C@H]1O2. The van der Waals surface area contributed by atoms with Crippen molar-refractivity contribution in [3.8, 4) is 0 Å². The number of thiazole rings is 1. The molecule has 0 radical (unpaired) electrons. The minimum atomic E-state index is -1.01. The van der Waals surface area contributed by atoms with E-state index >= 15 is 0 Å². The van der Waals surface area contributed by atoms with Crippen molar-refractivity contribution in [3.63, 3.8) is 0 Å². The molecule has 6 nitrogen and oxygen atoms in total. The lowest BCUT2D eigenvalue weighted by molar-refractivity contribution is -0.145. The van der Waals surface area contributed by atoms with Gasteiger partial charge in [-0.25, -0.2) is 4.98 Å². The molecule has 2 bridgehead atoms. The van der Waals surface area contributed by atoms with E-state index in [1.54, 1.807) is 23.7 Å². The Bertz CT molecular complexity index is 513. The van der Waals surface area contributed by atoms with Crippen molar-refractivity contribution in [2.75, 3.05) is 5.32 Å². The molecule has 1 amide bonds. The fourth-order valence-electron chi connectivity index (χ4n) is 2.39. The zero-order valence-corrected chi connectivity index (χ0v) is 9.96. The first-order chi connectivity index (χ1) is 8.66. The maximum absolute atomic E-state index is 12.1. The van der Waals surface area contributed by atoms with Crippen LogP contribution in [-0.2, 0) is 14.3 Å². The number of nitrogens with zero attached hydrogens (tertiary/aromatic N) is 1. The molecule has 2 aliphatic heterocycles. The van der Waals surface area contributed by atoms with Gasteiger partial charge in [0, 0.05) is 11.6 Å². The molecular weight excluding hydrogens is 256 g/mol. The van der Waals surface area contributed by atoms with Crippen molar-refractivity contribution in [2.24, 2.45) is 11.8 Å². The Morgan fingerprint density at radius 2 is 2.06 bits per heavy atom. The fraction of sp³-hybridized carbons (Fsp3) is 0.364. The van der Waals surface area contributed by atoms with Crippen molar-refractivity contribution >= 4 is 28.3 Å². The number of amides is 1. The molecule has 1 saturated heterocycles. The van der Waals surface area contributed by atoms with Gasteiger partial charge in [0.05, 0.1) is 18.1 Å². The first kappa shape index (κ1) is 11.4. The Morgan fingerprint density at radius 3 is 2.67 bits per heavy atom. The maximum Gasteiger partial charge on any atom is 0.310 e. The van der Waals surface area contributed by atoms with E-state index in [1.807, 2.05) is 0 Å². The summed E-state index contributed by atoms with van der Waals surface area (Å²) >= 11 is 1.29. The Morgan fingerprint density at radius 1 is 1.33 bits per heavy atom. The Balaban J connectivity index is 1.80. The summed E-state index contributed by atoms with van der Waals surface area (Å²) in [4.78, 5) is 27.2. The number of aromatic nitrogens is 1. The number of hydrogen-bond donors (Lipinski definition) is 2. The van der Waals surface area contributed by atoms with Gasteiger partial charge in [-0.1, -0.05) is 12.2 Å². The summed E-state index contributed by atoms with van der Waals surface area (Å²) in [7, 11) is 0. The van der Waals surface area contributed by atoms with Crippen LogP contribution in [-0.4, -0.2) is 34.2 Å². The fourth-order valence-corrected chi connectivity index (χ4v) is 2.92. The van der Waals surface area contributed by atoms with Crippen molar-refractivity contribution in [2.45, 2.75) is 12.2 Å². The van der Waals surface area contributed by atoms with Crippen LogP contribution in [0.1, 0.15) is 0 Å². The Kier molecular flexibility index (Phi) is 2.64. The zero-order chi connectivity index (χ0) is 12.7. The highest BCUT2D eigenvalue weighted by atomic mass is 32.1. The topological polar surface area (TPSA) is 88.5 Å². The van der Waals surface area contributed by atoms with Crippen molar-refractivity contribution in [3.05, 3.63) is 23.7 Å². The molecule has 1 aromatic rings. The molecule has 0 saturated carbocycles. The monoisotopic (exact) mass is 266 g/mol. The molecule has 94 valence electrons. The number of nitrogens with one attached hydrogen (secondary N) is 1. The van der Waals surface area contributed by atoms with E-state index in [0.717, 1.165) is 0 Å². The Labute approximate surface area is 106 Å². The summed E-state index contributed by atoms with van der Waals surface area (Å²) in [5, 5.41) is 14.0. The number of hydrogen-bond acceptors (Lipinski definition) is 5. The van der Waals surface area contributed by atoms with Gasteiger partial charge in [0.2, 0.25) is 5.91 Å². The molecule has 1 aromatic heterocycles. The van der Waals surface area contributed by atoms with Gasteiger partial charge in [-0.2, -0.15) is 0 Å². The van der Waals surface area contributed by atoms with Gasteiger partial charge >= 0.3 is 5.97 Å². The summed E-state index contributed by atoms with van der Waals surface area (Å²) in [6.07, 6.45) is 4.08. The molecular formula is C11H10N2O4S. The molecule has 2 N–H and O–H groups in total. The zero-order valence-electron chi connectivity index (χ0n) is 9.15. The smallest absolute Gasteiger partial charge is 0.310 e. The first-order valence-corrected chi connectivity index (χ1v) is 6.32. The number of rotatable bonds is 3. The second-order valence-corrected chi connectivity index (χ2v) is 5.06. The van der Waals surface area contributed by atoms with E-state index in [2.05, 4.69) is 10.3 Å². The summed E-state index contributed by atoms with van der Waals surface area (Å²) in [5.74, 6) is -2.87. The van der Waals surface area contributed by atoms with Crippen LogP contribution in [0.25, 0.3) is 0 Å². The standard InChI is InChI=1S/C11H10N2O4S/c14-9(13-11-12-3-4-18-11)7-5-1-2-6(17-5)8(7)10(15)16/h1-8H,(H,15,16)(H,12,13,14)/t5-,6+,7?,8+/m1/s1. The van der Waals surface area contributed by atoms with Gasteiger partial charge < -0.3 is 15.2 Å². The van der Waals surface area contributed by atoms with E-state index in [9.17, 15) is 14.7 Å². The van der Waals surface area contributed by atoms with Gasteiger partial charge in [-0.05, 0) is 0 Å². The highest BCUT2D eigenvalue weighted by molar-refractivity contribution is 7.13. The number of carboxylic acids is 1. The molecule has 1 fully saturated rings. The molecule has 1 unspecified atom stereocenters. The van der Waals surface area contributed by atoms with Gasteiger partial charge in [0.25, 0.3) is 0 Å². The summed E-state index contributed by atoms with van der Waals surface area (Å²) < 4.78 is 5.43. The van der Waals surface area contributed by atoms with Crippen molar-refractivity contribution < 1.29 is 19.4 Å². The van der Waals surface area contributed by atoms with E-state index in [1.165, 1.54) is 11.3 Å². The lowest BCUT2D eigenvalue weighted by Gasteiger charge is -2.20. The molecule has 0 spiro atoms. The number of aliphatic carboxylic acids is 1. The molecule has 3 rings (SSSR count). The molecule has 0 aliphatic carbocycles. The van der Waals surface area contributed by atoms with Crippen LogP contribution in [0.15, 0.2) is 23.7 Å². The van der Waals surface area contributed by atoms with Crippen molar-refractivity contribution in [1.82, 2.24) is 4.98 Å². The van der Waals surface area contributed by atoms with Crippen LogP contribution in [0.5, 0.6) is 0 Å². The number of carboxylic acid groups (broad SMARTS) is 1. The van der Waals surface area contributed by atoms with Gasteiger partial charge in [-0.15, -0.1) is 11.3 Å². The number of ether oxygens (including phenoxy) is 1. The van der Waals surface area contributed by atoms with Gasteiger partial charge in [0.1, 0.15) is 5.92 Å². The Hall–Kier alpha value is -1.73. The average Bonchev–Trinajstić information content (AvgIpc) is 3.03. The summed E-state index contributed by atoms with van der Waals surface area (Å²) in [5.41, 5.74) is 0. The second kappa shape index (κ2) is 4.18. The van der Waals surface area contributed by atoms with Crippen molar-refractivity contribution in [1.29, 1.82) is 0 Å². The van der Waals surface area contributed by atoms with Crippen LogP contribution in [0.2, 0.25) is 0 Å². The largest absolute Gasteiger partial charge is 0.481 e. The van der Waals surface area contributed by atoms with Crippen LogP contribution in [0.3, 0.4) is 0 Å². The van der Waals surface area contributed by atoms with Gasteiger partial charge in [0.15, 0.2) is 5.13 Å². The first-order valence-electron chi connectivity index (χ1n) is 5.44. The summed E-state index contributed by atoms with van der Waals surface area (Å²) in [6.45, 7) is 0. The van der Waals surface area contributed by atoms with Crippen LogP contribution >= 0.6 is 11.3 Å². The predicted molar refractivity (Wildman–Crippen MR) is 63.2 cm³/mol. The quantitative estimate of drug-likeness (QED) is 0.788. The van der Waals surface area contributed by atoms with E-state index in [0.29, 0.717) is 5.13 Å². The number of carbonyl (C=O) groups is 2. The number of fused-ring (bicyclic) bond motifs is 2. The summed E-state index contributed by atoms with van der Waals surface area (Å²) in [6, 6.07) is 0. The third-order valence-electron chi connectivity index (χ3n) is 3.15.